The molecule has 0 heterocycles. The predicted molar refractivity (Wildman–Crippen MR) is 307 cm³/mol. The molecule has 11 amide bonds. The number of carbonyl (C=O) groups excluding carboxylic acids is 13. The van der Waals surface area contributed by atoms with Crippen LogP contribution in [0.4, 0.5) is 0 Å². The van der Waals surface area contributed by atoms with Gasteiger partial charge in [-0.3, -0.25) is 67.7 Å². The molecule has 86 heavy (non-hydrogen) atoms. The number of aliphatic hydroxyl groups is 1. The van der Waals surface area contributed by atoms with Gasteiger partial charge in [0.1, 0.15) is 59.6 Å². The molecule has 0 radical (unpaired) electrons. The summed E-state index contributed by atoms with van der Waals surface area (Å²) >= 11 is 0. The van der Waals surface area contributed by atoms with Crippen molar-refractivity contribution in [2.24, 2.45) is 34.8 Å². The van der Waals surface area contributed by atoms with E-state index in [1.165, 1.54) is 69.4 Å². The van der Waals surface area contributed by atoms with Crippen molar-refractivity contribution in [1.29, 1.82) is 5.41 Å². The Morgan fingerprint density at radius 1 is 0.640 bits per heavy atom. The number of carbonyl (C=O) groups is 13. The number of nitrogens with two attached hydrogens (primary N) is 4. The molecule has 1 fully saturated rings. The third-order valence-corrected chi connectivity index (χ3v) is 13.7. The predicted octanol–water partition coefficient (Wildman–Crippen LogP) is -5.20. The van der Waals surface area contributed by atoms with Gasteiger partial charge in [0.15, 0.2) is 17.3 Å². The van der Waals surface area contributed by atoms with E-state index in [9.17, 15) is 77.6 Å². The van der Waals surface area contributed by atoms with Gasteiger partial charge in [-0.25, -0.2) is 0 Å². The minimum atomic E-state index is -2.74. The number of phenolic OH excluding ortho intramolecular Hbond substituents is 2. The van der Waals surface area contributed by atoms with Gasteiger partial charge in [-0.05, 0) is 86.4 Å². The first-order valence-electron chi connectivity index (χ1n) is 27.7. The monoisotopic (exact) mass is 1210 g/mol. The highest BCUT2D eigenvalue weighted by Gasteiger charge is 2.57. The number of benzene rings is 2. The van der Waals surface area contributed by atoms with Gasteiger partial charge in [0.2, 0.25) is 59.1 Å². The second-order valence-corrected chi connectivity index (χ2v) is 21.5. The number of primary amides is 3. The molecule has 0 spiro atoms. The largest absolute Gasteiger partial charge is 0.508 e. The molecule has 1 saturated carbocycles. The zero-order valence-corrected chi connectivity index (χ0v) is 48.5. The maximum Gasteiger partial charge on any atom is 0.255 e. The highest BCUT2D eigenvalue weighted by molar-refractivity contribution is 6.19. The number of phenols is 2. The first kappa shape index (κ1) is 71.0. The highest BCUT2D eigenvalue weighted by atomic mass is 16.3. The molecular weight excluding hydrogens is 1130 g/mol. The van der Waals surface area contributed by atoms with Crippen molar-refractivity contribution < 1.29 is 77.6 Å². The Morgan fingerprint density at radius 2 is 1.16 bits per heavy atom. The molecule has 9 atom stereocenters. The van der Waals surface area contributed by atoms with E-state index in [0.717, 1.165) is 0 Å². The van der Waals surface area contributed by atoms with Gasteiger partial charge in [0.05, 0.1) is 25.5 Å². The van der Waals surface area contributed by atoms with Crippen LogP contribution in [0.2, 0.25) is 0 Å². The summed E-state index contributed by atoms with van der Waals surface area (Å²) in [7, 11) is 1.40. The van der Waals surface area contributed by atoms with E-state index >= 15 is 0 Å². The Morgan fingerprint density at radius 3 is 1.71 bits per heavy atom. The van der Waals surface area contributed by atoms with E-state index in [1.54, 1.807) is 13.8 Å². The lowest BCUT2D eigenvalue weighted by Crippen LogP contribution is -2.70. The fraction of sp³-hybridized carbons (Fsp3) is 0.527. The van der Waals surface area contributed by atoms with Crippen molar-refractivity contribution in [3.8, 4) is 11.5 Å². The number of aromatic hydroxyl groups is 2. The van der Waals surface area contributed by atoms with Gasteiger partial charge in [-0.1, -0.05) is 52.0 Å². The summed E-state index contributed by atoms with van der Waals surface area (Å²) in [6, 6.07) is -0.966. The minimum absolute atomic E-state index is 0.000707. The van der Waals surface area contributed by atoms with Crippen LogP contribution in [0.15, 0.2) is 48.5 Å². The van der Waals surface area contributed by atoms with Gasteiger partial charge in [-0.15, -0.1) is 0 Å². The zero-order valence-electron chi connectivity index (χ0n) is 48.5. The zero-order chi connectivity index (χ0) is 64.6. The topological polar surface area (TPSA) is 531 Å². The molecule has 31 heteroatoms. The molecule has 0 bridgehead atoms. The van der Waals surface area contributed by atoms with Crippen LogP contribution < -0.4 is 76.1 Å². The molecule has 472 valence electrons. The lowest BCUT2D eigenvalue weighted by Gasteiger charge is -2.38. The smallest absolute Gasteiger partial charge is 0.255 e. The lowest BCUT2D eigenvalue weighted by atomic mass is 9.73. The number of hydrogen-bond donors (Lipinski definition) is 18. The normalized spacial score (nSPS) is 17.3. The maximum atomic E-state index is 14.9. The number of Topliss-reactive ketones (excluding diaryl/α,β-unsaturated/α-hetero) is 2. The van der Waals surface area contributed by atoms with Crippen molar-refractivity contribution in [2.45, 2.75) is 146 Å². The van der Waals surface area contributed by atoms with Crippen molar-refractivity contribution in [3.05, 3.63) is 59.7 Å². The van der Waals surface area contributed by atoms with Gasteiger partial charge in [-0.2, -0.15) is 0 Å². The third-order valence-electron chi connectivity index (χ3n) is 13.7. The third kappa shape index (κ3) is 21.7. The number of hydrogen-bond acceptors (Lipinski definition) is 18. The second kappa shape index (κ2) is 33.9. The van der Waals surface area contributed by atoms with Crippen LogP contribution in [-0.4, -0.2) is 172 Å². The first-order chi connectivity index (χ1) is 40.4. The van der Waals surface area contributed by atoms with Crippen LogP contribution in [0.3, 0.4) is 0 Å². The summed E-state index contributed by atoms with van der Waals surface area (Å²) in [6.45, 7) is 5.05. The second-order valence-electron chi connectivity index (χ2n) is 21.5. The fourth-order valence-electron chi connectivity index (χ4n) is 9.31. The molecule has 0 aliphatic heterocycles. The van der Waals surface area contributed by atoms with Crippen LogP contribution in [0.25, 0.3) is 0 Å². The SMILES string of the molecule is CNCC(=O)N[C@@]1(C(=O)N[C@@H](CC(N)=O)C(=O)N[C@@H](CC(C)C)C(=O)N[C@@H](Cc2ccc(O)cc2)C(=O)N[C@@H](CCCNC(=N)N)C(=O)N[C@H](C(=O)N[C@@H](CCC(N)=O)C(=O)N[C@@H](CO)C(N)=O)C(C)C)C(=O)CCCC(=O)C1c1ccc(O)cc1. The number of nitrogens with one attached hydrogen (secondary N) is 11. The molecule has 1 aliphatic carbocycles. The van der Waals surface area contributed by atoms with E-state index in [1.807, 2.05) is 0 Å². The summed E-state index contributed by atoms with van der Waals surface area (Å²) < 4.78 is 0. The molecule has 2 aromatic carbocycles. The van der Waals surface area contributed by atoms with Gasteiger partial charge in [0.25, 0.3) is 5.91 Å². The Bertz CT molecular complexity index is 2800. The van der Waals surface area contributed by atoms with Crippen LogP contribution in [-0.2, 0) is 68.7 Å². The van der Waals surface area contributed by atoms with E-state index in [0.29, 0.717) is 5.56 Å². The summed E-state index contributed by atoms with van der Waals surface area (Å²) in [5, 5.41) is 62.1. The van der Waals surface area contributed by atoms with Crippen LogP contribution in [0.5, 0.6) is 11.5 Å². The summed E-state index contributed by atoms with van der Waals surface area (Å²) in [5.74, 6) is -17.0. The Balaban J connectivity index is 2.08. The van der Waals surface area contributed by atoms with Gasteiger partial charge < -0.3 is 91.4 Å². The minimum Gasteiger partial charge on any atom is -0.508 e. The quantitative estimate of drug-likeness (QED) is 0.0102. The van der Waals surface area contributed by atoms with Crippen molar-refractivity contribution in [3.63, 3.8) is 0 Å². The van der Waals surface area contributed by atoms with E-state index in [-0.39, 0.29) is 62.1 Å². The van der Waals surface area contributed by atoms with Crippen molar-refractivity contribution >= 4 is 82.5 Å². The molecule has 31 nitrogen and oxygen atoms in total. The Labute approximate surface area is 495 Å². The van der Waals surface area contributed by atoms with Crippen LogP contribution in [0, 0.1) is 17.2 Å². The van der Waals surface area contributed by atoms with E-state index < -0.39 is 187 Å². The number of rotatable bonds is 34. The van der Waals surface area contributed by atoms with E-state index in [2.05, 4.69) is 53.2 Å². The summed E-state index contributed by atoms with van der Waals surface area (Å²) in [5.41, 5.74) is 19.3. The number of guanidine groups is 1. The fourth-order valence-corrected chi connectivity index (χ4v) is 9.31. The van der Waals surface area contributed by atoms with Crippen LogP contribution in [0.1, 0.15) is 103 Å². The van der Waals surface area contributed by atoms with E-state index in [4.69, 9.17) is 28.3 Å². The molecule has 2 aromatic rings. The molecule has 1 aliphatic rings. The molecule has 22 N–H and O–H groups in total. The summed E-state index contributed by atoms with van der Waals surface area (Å²) in [6.07, 6.45) is -3.10. The van der Waals surface area contributed by atoms with Crippen molar-refractivity contribution in [1.82, 2.24) is 53.2 Å². The standard InChI is InChI=1S/C55H81N15O16/c1-27(2)22-35(65-51(84)37(24-42(57)77)68-53(86)55(70-43(78)25-61-5)40(75)10-6-9-39(74)44(55)30-13-17-32(73)18-14-30)49(82)66-36(23-29-11-15-31(72)16-12-29)50(83)63-33(8-7-21-62-54(59)60)48(81)69-45(28(3)4)52(85)64-34(19-20-41(56)76)47(80)67-38(26-71)46(58)79/h11-18,27-28,33-38,44-45,61,71-73H,6-10,19-26H2,1-5H3,(H2,56,76)(H2,57,77)(H2,58,79)(H,63,83)(H,64,85)(H,65,84)(H,66,82)(H,67,80)(H,68,86)(H,69,81)(H,70,78)(H4,59,60,62)/t33-,34-,35-,36-,37-,38-,44?,45-,55-/m0/s1. The average Bonchev–Trinajstić information content (AvgIpc) is 1.54. The van der Waals surface area contributed by atoms with Gasteiger partial charge >= 0.3 is 0 Å². The van der Waals surface area contributed by atoms with Crippen molar-refractivity contribution in [2.75, 3.05) is 26.7 Å². The average molecular weight is 1210 g/mol. The number of amides is 11. The first-order valence-corrected chi connectivity index (χ1v) is 27.7. The number of likely N-dealkylation sites (N-methyl/N-ethyl adjacent to an activating group) is 1. The molecule has 1 unspecified atom stereocenters. The van der Waals surface area contributed by atoms with Gasteiger partial charge in [0, 0.05) is 32.2 Å². The number of aliphatic hydroxyl groups excluding tert-OH is 1. The Kier molecular flexibility index (Phi) is 28.0. The summed E-state index contributed by atoms with van der Waals surface area (Å²) in [4.78, 5) is 178. The number of ketones is 2. The Hall–Kier alpha value is -9.26. The maximum absolute atomic E-state index is 14.9. The molecular formula is C55H81N15O16. The highest BCUT2D eigenvalue weighted by Crippen LogP contribution is 2.37. The molecule has 0 saturated heterocycles. The molecule has 0 aromatic heterocycles. The van der Waals surface area contributed by atoms with Crippen LogP contribution >= 0.6 is 0 Å². The molecule has 3 rings (SSSR count). The lowest BCUT2D eigenvalue weighted by molar-refractivity contribution is -0.146.